The Balaban J connectivity index is 2.47. The number of hydrogen-bond donors (Lipinski definition) is 1. The number of nitrogens with one attached hydrogen (secondary N) is 1. The van der Waals surface area contributed by atoms with Crippen LogP contribution in [-0.2, 0) is 16.1 Å². The van der Waals surface area contributed by atoms with Crippen molar-refractivity contribution in [2.75, 3.05) is 5.23 Å². The lowest BCUT2D eigenvalue weighted by molar-refractivity contribution is -0.148. The van der Waals surface area contributed by atoms with Crippen molar-refractivity contribution in [1.29, 1.82) is 0 Å². The normalized spacial score (nSPS) is 10.1. The summed E-state index contributed by atoms with van der Waals surface area (Å²) in [4.78, 5) is 11.2. The molecule has 0 aromatic heterocycles. The van der Waals surface area contributed by atoms with Crippen LogP contribution in [0, 0.1) is 5.92 Å². The van der Waals surface area contributed by atoms with Crippen LogP contribution in [0.2, 0.25) is 0 Å². The molecule has 0 fully saturated rings. The maximum Gasteiger partial charge on any atom is 0.308 e. The Morgan fingerprint density at radius 3 is 2.47 bits per heavy atom. The molecule has 0 aliphatic rings. The van der Waals surface area contributed by atoms with E-state index in [4.69, 9.17) is 4.74 Å². The predicted molar refractivity (Wildman–Crippen MR) is 63.2 cm³/mol. The van der Waals surface area contributed by atoms with Gasteiger partial charge >= 0.3 is 5.97 Å². The molecule has 1 rings (SSSR count). The van der Waals surface area contributed by atoms with E-state index in [2.05, 4.69) is 5.23 Å². The van der Waals surface area contributed by atoms with Gasteiger partial charge in [0.05, 0.1) is 5.92 Å². The summed E-state index contributed by atoms with van der Waals surface area (Å²) in [5.41, 5.74) is 2.05. The van der Waals surface area contributed by atoms with Crippen molar-refractivity contribution in [3.8, 4) is 0 Å². The molecule has 0 heterocycles. The molecule has 15 heavy (non-hydrogen) atoms. The fourth-order valence-corrected chi connectivity index (χ4v) is 1.09. The molecule has 0 saturated heterocycles. The Morgan fingerprint density at radius 1 is 1.40 bits per heavy atom. The second-order valence-electron chi connectivity index (χ2n) is 3.71. The molecule has 0 amide bonds. The topological polar surface area (TPSA) is 38.3 Å². The summed E-state index contributed by atoms with van der Waals surface area (Å²) in [7, 11) is 1.87. The number of benzene rings is 1. The fraction of sp³-hybridized carbons (Fsp3) is 0.364. The Morgan fingerprint density at radius 2 is 2.00 bits per heavy atom. The van der Waals surface area contributed by atoms with E-state index >= 15 is 0 Å². The quantitative estimate of drug-likeness (QED) is 0.595. The smallest absolute Gasteiger partial charge is 0.308 e. The van der Waals surface area contributed by atoms with Gasteiger partial charge in [-0.25, -0.2) is 0 Å². The summed E-state index contributed by atoms with van der Waals surface area (Å²) >= 11 is 0. The number of carbonyl (C=O) groups is 1. The SMILES string of the molecule is BNc1ccc(COC(=O)C(C)C)cc1. The van der Waals surface area contributed by atoms with Crippen molar-refractivity contribution >= 4 is 19.6 Å². The maximum atomic E-state index is 11.2. The van der Waals surface area contributed by atoms with Crippen molar-refractivity contribution in [3.05, 3.63) is 29.8 Å². The van der Waals surface area contributed by atoms with E-state index in [-0.39, 0.29) is 11.9 Å². The lowest BCUT2D eigenvalue weighted by Gasteiger charge is -2.07. The van der Waals surface area contributed by atoms with E-state index in [1.54, 1.807) is 0 Å². The number of anilines is 1. The van der Waals surface area contributed by atoms with E-state index in [0.29, 0.717) is 6.61 Å². The van der Waals surface area contributed by atoms with Gasteiger partial charge in [-0.15, -0.1) is 0 Å². The highest BCUT2D eigenvalue weighted by molar-refractivity contribution is 6.15. The van der Waals surface area contributed by atoms with Crippen LogP contribution in [0.3, 0.4) is 0 Å². The molecule has 80 valence electrons. The molecular formula is C11H16BNO2. The molecule has 0 radical (unpaired) electrons. The fourth-order valence-electron chi connectivity index (χ4n) is 1.09. The van der Waals surface area contributed by atoms with Gasteiger partial charge in [-0.2, -0.15) is 0 Å². The molecule has 0 bridgehead atoms. The van der Waals surface area contributed by atoms with Gasteiger partial charge < -0.3 is 9.96 Å². The maximum absolute atomic E-state index is 11.2. The monoisotopic (exact) mass is 205 g/mol. The minimum Gasteiger partial charge on any atom is -0.461 e. The van der Waals surface area contributed by atoms with Crippen LogP contribution in [0.25, 0.3) is 0 Å². The average molecular weight is 205 g/mol. The molecule has 0 aliphatic carbocycles. The average Bonchev–Trinajstić information content (AvgIpc) is 2.26. The highest BCUT2D eigenvalue weighted by Gasteiger charge is 2.07. The minimum absolute atomic E-state index is 0.0680. The van der Waals surface area contributed by atoms with Crippen molar-refractivity contribution in [1.82, 2.24) is 0 Å². The Labute approximate surface area is 91.3 Å². The molecule has 1 aromatic carbocycles. The van der Waals surface area contributed by atoms with Crippen molar-refractivity contribution in [2.45, 2.75) is 20.5 Å². The Hall–Kier alpha value is -1.45. The summed E-state index contributed by atoms with van der Waals surface area (Å²) in [6.07, 6.45) is 0. The summed E-state index contributed by atoms with van der Waals surface area (Å²) in [5.74, 6) is -0.228. The first-order valence-electron chi connectivity index (χ1n) is 5.07. The van der Waals surface area contributed by atoms with Crippen LogP contribution in [0.1, 0.15) is 19.4 Å². The van der Waals surface area contributed by atoms with Gasteiger partial charge in [0, 0.05) is 5.69 Å². The molecule has 4 heteroatoms. The molecule has 0 unspecified atom stereocenters. The standard InChI is InChI=1S/C11H16BNO2/c1-8(2)11(14)15-7-9-3-5-10(13-12)6-4-9/h3-6,8,13H,7,12H2,1-2H3. The van der Waals surface area contributed by atoms with Crippen molar-refractivity contribution < 1.29 is 9.53 Å². The van der Waals surface area contributed by atoms with Gasteiger partial charge in [-0.3, -0.25) is 4.79 Å². The molecular weight excluding hydrogens is 189 g/mol. The number of carbonyl (C=O) groups excluding carboxylic acids is 1. The molecule has 0 saturated carbocycles. The van der Waals surface area contributed by atoms with Crippen LogP contribution in [0.4, 0.5) is 5.69 Å². The third-order valence-corrected chi connectivity index (χ3v) is 2.10. The second-order valence-corrected chi connectivity index (χ2v) is 3.71. The minimum atomic E-state index is -0.160. The van der Waals surface area contributed by atoms with Crippen molar-refractivity contribution in [2.24, 2.45) is 5.92 Å². The predicted octanol–water partition coefficient (Wildman–Crippen LogP) is 1.35. The summed E-state index contributed by atoms with van der Waals surface area (Å²) < 4.78 is 5.10. The summed E-state index contributed by atoms with van der Waals surface area (Å²) in [5, 5.41) is 3.03. The van der Waals surface area contributed by atoms with Crippen LogP contribution in [0.5, 0.6) is 0 Å². The van der Waals surface area contributed by atoms with Gasteiger partial charge in [-0.1, -0.05) is 26.0 Å². The Kier molecular flexibility index (Phi) is 4.22. The van der Waals surface area contributed by atoms with Gasteiger partial charge in [0.2, 0.25) is 7.98 Å². The zero-order valence-electron chi connectivity index (χ0n) is 9.41. The third-order valence-electron chi connectivity index (χ3n) is 2.10. The van der Waals surface area contributed by atoms with E-state index < -0.39 is 0 Å². The van der Waals surface area contributed by atoms with Gasteiger partial charge in [-0.05, 0) is 17.7 Å². The van der Waals surface area contributed by atoms with Crippen LogP contribution < -0.4 is 5.23 Å². The first-order chi connectivity index (χ1) is 7.13. The van der Waals surface area contributed by atoms with E-state index in [0.717, 1.165) is 11.3 Å². The molecule has 0 aliphatic heterocycles. The first-order valence-corrected chi connectivity index (χ1v) is 5.07. The van der Waals surface area contributed by atoms with Crippen LogP contribution in [-0.4, -0.2) is 14.0 Å². The third kappa shape index (κ3) is 3.66. The first kappa shape index (κ1) is 11.6. The van der Waals surface area contributed by atoms with Gasteiger partial charge in [0.25, 0.3) is 0 Å². The number of esters is 1. The second kappa shape index (κ2) is 5.44. The summed E-state index contributed by atoms with van der Waals surface area (Å²) in [6, 6.07) is 7.80. The number of rotatable bonds is 4. The van der Waals surface area contributed by atoms with Crippen LogP contribution >= 0.6 is 0 Å². The van der Waals surface area contributed by atoms with Crippen LogP contribution in [0.15, 0.2) is 24.3 Å². The van der Waals surface area contributed by atoms with Gasteiger partial charge in [0.15, 0.2) is 0 Å². The largest absolute Gasteiger partial charge is 0.461 e. The zero-order chi connectivity index (χ0) is 11.3. The highest BCUT2D eigenvalue weighted by Crippen LogP contribution is 2.10. The van der Waals surface area contributed by atoms with E-state index in [1.165, 1.54) is 0 Å². The van der Waals surface area contributed by atoms with Crippen molar-refractivity contribution in [3.63, 3.8) is 0 Å². The molecule has 0 spiro atoms. The zero-order valence-corrected chi connectivity index (χ0v) is 9.41. The molecule has 1 aromatic rings. The Bertz CT molecular complexity index is 322. The van der Waals surface area contributed by atoms with Gasteiger partial charge in [0.1, 0.15) is 6.61 Å². The lowest BCUT2D eigenvalue weighted by atomic mass is 10.2. The molecule has 0 atom stereocenters. The number of hydrogen-bond acceptors (Lipinski definition) is 3. The number of ether oxygens (including phenoxy) is 1. The highest BCUT2D eigenvalue weighted by atomic mass is 16.5. The summed E-state index contributed by atoms with van der Waals surface area (Å²) in [6.45, 7) is 4.00. The molecule has 3 nitrogen and oxygen atoms in total. The van der Waals surface area contributed by atoms with E-state index in [9.17, 15) is 4.79 Å². The van der Waals surface area contributed by atoms with E-state index in [1.807, 2.05) is 46.1 Å². The molecule has 1 N–H and O–H groups in total. The lowest BCUT2D eigenvalue weighted by Crippen LogP contribution is -2.11.